The van der Waals surface area contributed by atoms with Crippen LogP contribution in [-0.2, 0) is 0 Å². The van der Waals surface area contributed by atoms with Crippen LogP contribution in [0.1, 0.15) is 25.7 Å². The molecule has 0 spiro atoms. The molecule has 0 aromatic carbocycles. The third kappa shape index (κ3) is 0.803. The van der Waals surface area contributed by atoms with E-state index in [1.165, 1.54) is 0 Å². The molecule has 3 rings (SSSR count). The fraction of sp³-hybridized carbons (Fsp3) is 0.538. The van der Waals surface area contributed by atoms with Gasteiger partial charge in [-0.25, -0.2) is 0 Å². The summed E-state index contributed by atoms with van der Waals surface area (Å²) in [5, 5.41) is 18.6. The van der Waals surface area contributed by atoms with Crippen molar-refractivity contribution in [1.82, 2.24) is 0 Å². The quantitative estimate of drug-likeness (QED) is 0.637. The Labute approximate surface area is 103 Å². The summed E-state index contributed by atoms with van der Waals surface area (Å²) < 4.78 is 0. The van der Waals surface area contributed by atoms with E-state index in [1.807, 2.05) is 6.08 Å². The van der Waals surface area contributed by atoms with Crippen molar-refractivity contribution < 1.29 is 0 Å². The zero-order valence-electron chi connectivity index (χ0n) is 8.83. The Hall–Kier alpha value is -1.06. The van der Waals surface area contributed by atoms with Gasteiger partial charge in [0.15, 0.2) is 0 Å². The number of hydrogen-bond acceptors (Lipinski definition) is 2. The second-order valence-electron chi connectivity index (χ2n) is 4.93. The lowest BCUT2D eigenvalue weighted by molar-refractivity contribution is 0.222. The summed E-state index contributed by atoms with van der Waals surface area (Å²) >= 11 is 3.68. The van der Waals surface area contributed by atoms with Crippen LogP contribution in [0.5, 0.6) is 0 Å². The first-order chi connectivity index (χ1) is 7.71. The van der Waals surface area contributed by atoms with Crippen molar-refractivity contribution in [2.75, 3.05) is 0 Å². The lowest BCUT2D eigenvalue weighted by atomic mass is 9.65. The first kappa shape index (κ1) is 10.1. The molecule has 3 heteroatoms. The predicted octanol–water partition coefficient (Wildman–Crippen LogP) is 3.22. The average molecular weight is 275 g/mol. The second kappa shape index (κ2) is 2.99. The maximum absolute atomic E-state index is 9.28. The molecule has 0 heterocycles. The Morgan fingerprint density at radius 2 is 2.00 bits per heavy atom. The monoisotopic (exact) mass is 274 g/mol. The van der Waals surface area contributed by atoms with E-state index in [-0.39, 0.29) is 15.7 Å². The Morgan fingerprint density at radius 3 is 2.69 bits per heavy atom. The van der Waals surface area contributed by atoms with Crippen LogP contribution < -0.4 is 0 Å². The van der Waals surface area contributed by atoms with Crippen molar-refractivity contribution in [2.24, 2.45) is 10.8 Å². The van der Waals surface area contributed by atoms with E-state index in [0.717, 1.165) is 36.8 Å². The van der Waals surface area contributed by atoms with Crippen molar-refractivity contribution in [3.63, 3.8) is 0 Å². The third-order valence-corrected chi connectivity index (χ3v) is 5.75. The minimum Gasteiger partial charge on any atom is -0.193 e. The highest BCUT2D eigenvalue weighted by atomic mass is 79.9. The van der Waals surface area contributed by atoms with Gasteiger partial charge in [0.1, 0.15) is 0 Å². The molecule has 0 aromatic rings. The lowest BCUT2D eigenvalue weighted by Crippen LogP contribution is -2.37. The van der Waals surface area contributed by atoms with Gasteiger partial charge >= 0.3 is 0 Å². The van der Waals surface area contributed by atoms with Crippen LogP contribution in [0.25, 0.3) is 0 Å². The second-order valence-corrected chi connectivity index (χ2v) is 5.92. The van der Waals surface area contributed by atoms with Gasteiger partial charge in [-0.1, -0.05) is 34.5 Å². The standard InChI is InChI=1S/C13H11BrN2/c14-11-6-10(8-16)12-3-1-4-13(11,12)9(7-15)2-5-12/h2,6,11H,1,3-5H2/t11-,12+,13-/m0/s1. The zero-order chi connectivity index (χ0) is 11.4. The number of rotatable bonds is 0. The molecule has 2 nitrogen and oxygen atoms in total. The lowest BCUT2D eigenvalue weighted by Gasteiger charge is -2.38. The fourth-order valence-corrected chi connectivity index (χ4v) is 5.22. The smallest absolute Gasteiger partial charge is 0.0950 e. The molecular weight excluding hydrogens is 264 g/mol. The Bertz CT molecular complexity index is 505. The van der Waals surface area contributed by atoms with E-state index in [9.17, 15) is 10.5 Å². The van der Waals surface area contributed by atoms with Crippen LogP contribution in [0.4, 0.5) is 0 Å². The maximum Gasteiger partial charge on any atom is 0.0950 e. The number of hydrogen-bond donors (Lipinski definition) is 0. The molecule has 0 N–H and O–H groups in total. The molecule has 80 valence electrons. The van der Waals surface area contributed by atoms with Crippen molar-refractivity contribution in [3.05, 3.63) is 23.3 Å². The molecule has 16 heavy (non-hydrogen) atoms. The van der Waals surface area contributed by atoms with Crippen LogP contribution in [-0.4, -0.2) is 4.83 Å². The van der Waals surface area contributed by atoms with Crippen LogP contribution >= 0.6 is 15.9 Å². The SMILES string of the molecule is N#CC1=C[C@H](Br)[C@@]23CCC[C@@]12CC=C3C#N. The molecule has 0 bridgehead atoms. The molecule has 1 fully saturated rings. The Kier molecular flexibility index (Phi) is 1.89. The van der Waals surface area contributed by atoms with Crippen LogP contribution in [0.2, 0.25) is 0 Å². The summed E-state index contributed by atoms with van der Waals surface area (Å²) in [6.07, 6.45) is 8.17. The molecule has 0 aromatic heterocycles. The molecule has 0 amide bonds. The number of halogens is 1. The fourth-order valence-electron chi connectivity index (χ4n) is 4.04. The van der Waals surface area contributed by atoms with E-state index < -0.39 is 0 Å². The van der Waals surface area contributed by atoms with E-state index >= 15 is 0 Å². The van der Waals surface area contributed by atoms with E-state index in [2.05, 4.69) is 34.1 Å². The summed E-state index contributed by atoms with van der Waals surface area (Å²) in [5.41, 5.74) is 1.63. The summed E-state index contributed by atoms with van der Waals surface area (Å²) in [4.78, 5) is 0.158. The predicted molar refractivity (Wildman–Crippen MR) is 63.4 cm³/mol. The first-order valence-electron chi connectivity index (χ1n) is 5.58. The zero-order valence-corrected chi connectivity index (χ0v) is 10.4. The van der Waals surface area contributed by atoms with Gasteiger partial charge in [0.05, 0.1) is 12.1 Å². The van der Waals surface area contributed by atoms with Gasteiger partial charge in [-0.3, -0.25) is 0 Å². The topological polar surface area (TPSA) is 47.6 Å². The molecule has 3 aliphatic rings. The van der Waals surface area contributed by atoms with E-state index in [4.69, 9.17) is 0 Å². The summed E-state index contributed by atoms with van der Waals surface area (Å²) in [6.45, 7) is 0. The Balaban J connectivity index is 2.23. The van der Waals surface area contributed by atoms with E-state index in [0.29, 0.717) is 0 Å². The van der Waals surface area contributed by atoms with Crippen molar-refractivity contribution in [3.8, 4) is 12.1 Å². The van der Waals surface area contributed by atoms with Crippen LogP contribution in [0.15, 0.2) is 23.3 Å². The molecular formula is C13H11BrN2. The molecule has 0 saturated heterocycles. The number of allylic oxidation sites excluding steroid dienone is 4. The summed E-state index contributed by atoms with van der Waals surface area (Å²) in [7, 11) is 0. The maximum atomic E-state index is 9.28. The van der Waals surface area contributed by atoms with E-state index in [1.54, 1.807) is 0 Å². The molecule has 3 aliphatic carbocycles. The van der Waals surface area contributed by atoms with Gasteiger partial charge in [0.2, 0.25) is 0 Å². The Morgan fingerprint density at radius 1 is 1.25 bits per heavy atom. The third-order valence-electron chi connectivity index (χ3n) is 4.70. The van der Waals surface area contributed by atoms with Gasteiger partial charge in [-0.05, 0) is 19.3 Å². The first-order valence-corrected chi connectivity index (χ1v) is 6.50. The molecule has 3 atom stereocenters. The highest BCUT2D eigenvalue weighted by Crippen LogP contribution is 2.72. The highest BCUT2D eigenvalue weighted by molar-refractivity contribution is 9.09. The minimum absolute atomic E-state index is 0.0546. The molecule has 0 aliphatic heterocycles. The number of nitriles is 2. The van der Waals surface area contributed by atoms with Crippen molar-refractivity contribution >= 4 is 15.9 Å². The molecule has 1 saturated carbocycles. The number of nitrogens with zero attached hydrogens (tertiary/aromatic N) is 2. The normalized spacial score (nSPS) is 44.1. The average Bonchev–Trinajstić information content (AvgIpc) is 2.84. The summed E-state index contributed by atoms with van der Waals surface area (Å²) in [5.74, 6) is 0. The van der Waals surface area contributed by atoms with Gasteiger partial charge in [-0.15, -0.1) is 0 Å². The minimum atomic E-state index is -0.104. The molecule has 0 radical (unpaired) electrons. The van der Waals surface area contributed by atoms with Crippen LogP contribution in [0.3, 0.4) is 0 Å². The van der Waals surface area contributed by atoms with Gasteiger partial charge in [0.25, 0.3) is 0 Å². The van der Waals surface area contributed by atoms with Gasteiger partial charge in [-0.2, -0.15) is 10.5 Å². The van der Waals surface area contributed by atoms with Crippen molar-refractivity contribution in [1.29, 1.82) is 10.5 Å². The largest absolute Gasteiger partial charge is 0.193 e. The van der Waals surface area contributed by atoms with Gasteiger partial charge < -0.3 is 0 Å². The van der Waals surface area contributed by atoms with Crippen molar-refractivity contribution in [2.45, 2.75) is 30.5 Å². The van der Waals surface area contributed by atoms with Gasteiger partial charge in [0, 0.05) is 26.8 Å². The number of alkyl halides is 1. The van der Waals surface area contributed by atoms with Crippen LogP contribution in [0, 0.1) is 33.5 Å². The summed E-state index contributed by atoms with van der Waals surface area (Å²) in [6, 6.07) is 4.71. The molecule has 0 unspecified atom stereocenters. The highest BCUT2D eigenvalue weighted by Gasteiger charge is 2.66.